The summed E-state index contributed by atoms with van der Waals surface area (Å²) in [5.41, 5.74) is 11.1. The average molecular weight is 595 g/mol. The van der Waals surface area contributed by atoms with E-state index in [1.165, 1.54) is 6.42 Å². The largest absolute Gasteiger partial charge is 2.00 e. The van der Waals surface area contributed by atoms with E-state index in [1.807, 2.05) is 0 Å². The number of hydrogen-bond acceptors (Lipinski definition) is 8. The Labute approximate surface area is 175 Å². The molecule has 0 aromatic carbocycles. The molecule has 7 N–H and O–H groups in total. The van der Waals surface area contributed by atoms with Crippen molar-refractivity contribution in [2.75, 3.05) is 26.2 Å². The van der Waals surface area contributed by atoms with Crippen LogP contribution in [0.1, 0.15) is 46.0 Å². The summed E-state index contributed by atoms with van der Waals surface area (Å²) < 4.78 is 8.77. The number of carbonyl (C=O) groups is 1. The Hall–Kier alpha value is 0.108. The Kier molecular flexibility index (Phi) is 21.4. The van der Waals surface area contributed by atoms with Gasteiger partial charge in [-0.15, -0.1) is 0 Å². The summed E-state index contributed by atoms with van der Waals surface area (Å²) in [6, 6.07) is 0.583. The number of aliphatic hydroxyl groups is 1. The van der Waals surface area contributed by atoms with E-state index in [0.29, 0.717) is 18.5 Å². The van der Waals surface area contributed by atoms with Crippen molar-refractivity contribution in [3.05, 3.63) is 0 Å². The molecular formula is C15H34N3O7PPt. The fourth-order valence-corrected chi connectivity index (χ4v) is 2.40. The van der Waals surface area contributed by atoms with Crippen LogP contribution in [-0.2, 0) is 30.4 Å². The van der Waals surface area contributed by atoms with E-state index in [4.69, 9.17) is 35.8 Å². The van der Waals surface area contributed by atoms with Crippen LogP contribution in [0.3, 0.4) is 0 Å². The number of carbonyl (C=O) groups excluding carboxylic acids is 1. The van der Waals surface area contributed by atoms with Gasteiger partial charge in [0, 0.05) is 24.0 Å². The third-order valence-corrected chi connectivity index (χ3v) is 4.10. The molecule has 0 radical (unpaired) electrons. The number of carboxylic acid groups (broad SMARTS) is 1. The molecule has 1 rings (SSSR count). The summed E-state index contributed by atoms with van der Waals surface area (Å²) in [4.78, 5) is 35.6. The van der Waals surface area contributed by atoms with Crippen LogP contribution in [0.4, 0.5) is 0 Å². The van der Waals surface area contributed by atoms with Gasteiger partial charge in [-0.05, 0) is 45.3 Å². The molecular weight excluding hydrogens is 560 g/mol. The van der Waals surface area contributed by atoms with Crippen LogP contribution >= 0.6 is 7.82 Å². The van der Waals surface area contributed by atoms with Gasteiger partial charge in [0.2, 0.25) is 0 Å². The number of aliphatic carboxylic acids is 1. The van der Waals surface area contributed by atoms with E-state index in [9.17, 15) is 9.90 Å². The zero-order valence-electron chi connectivity index (χ0n) is 15.9. The Bertz CT molecular complexity index is 395. The molecule has 1 saturated carbocycles. The van der Waals surface area contributed by atoms with Gasteiger partial charge in [0.15, 0.2) is 0 Å². The molecule has 0 saturated heterocycles. The van der Waals surface area contributed by atoms with Crippen LogP contribution < -0.4 is 21.5 Å². The number of nitrogens with zero attached hydrogens (tertiary/aromatic N) is 1. The van der Waals surface area contributed by atoms with Gasteiger partial charge < -0.3 is 46.1 Å². The Morgan fingerprint density at radius 2 is 1.63 bits per heavy atom. The minimum atomic E-state index is -4.89. The molecule has 1 aliphatic carbocycles. The van der Waals surface area contributed by atoms with Gasteiger partial charge in [-0.1, -0.05) is 20.3 Å². The van der Waals surface area contributed by atoms with Crippen molar-refractivity contribution in [2.45, 2.75) is 58.0 Å². The van der Waals surface area contributed by atoms with Gasteiger partial charge >= 0.3 is 21.1 Å². The summed E-state index contributed by atoms with van der Waals surface area (Å²) in [5.74, 6) is -1.85. The van der Waals surface area contributed by atoms with Crippen molar-refractivity contribution in [1.29, 1.82) is 0 Å². The second-order valence-corrected chi connectivity index (χ2v) is 7.10. The summed E-state index contributed by atoms with van der Waals surface area (Å²) in [7, 11) is -4.89. The summed E-state index contributed by atoms with van der Waals surface area (Å²) in [6.07, 6.45) is 4.76. The summed E-state index contributed by atoms with van der Waals surface area (Å²) in [5, 5.41) is 19.2. The molecule has 1 aliphatic rings. The number of aliphatic hydroxyl groups excluding tert-OH is 1. The fraction of sp³-hybridized carbons (Fsp3) is 0.933. The van der Waals surface area contributed by atoms with Crippen LogP contribution in [0.25, 0.3) is 0 Å². The average Bonchev–Trinajstić information content (AvgIpc) is 2.90. The standard InChI is InChI=1S/C10H21NO3.C5H12N2.H3O4P.Pt/c1-3-11(4-2)7-5-6-9(8-12)10(13)14;6-4-2-1-3-5(4)7;1-5(2,3)4;/h9,12H,3-8H2,1-2H3,(H,13,14);4-5H,1-3,6-7H2;(H3,1,2,3,4);/q;;;+2/p-2. The molecule has 10 nitrogen and oxygen atoms in total. The van der Waals surface area contributed by atoms with Crippen molar-refractivity contribution in [3.63, 3.8) is 0 Å². The van der Waals surface area contributed by atoms with Crippen LogP contribution in [0.2, 0.25) is 0 Å². The van der Waals surface area contributed by atoms with E-state index in [-0.39, 0.29) is 27.7 Å². The zero-order chi connectivity index (χ0) is 20.8. The zero-order valence-corrected chi connectivity index (χ0v) is 19.1. The molecule has 0 spiro atoms. The number of carboxylic acids is 1. The van der Waals surface area contributed by atoms with Crippen molar-refractivity contribution < 1.29 is 55.3 Å². The van der Waals surface area contributed by atoms with Crippen molar-refractivity contribution in [1.82, 2.24) is 4.90 Å². The van der Waals surface area contributed by atoms with Gasteiger partial charge in [0.05, 0.1) is 6.61 Å². The third-order valence-electron chi connectivity index (χ3n) is 4.10. The maximum Gasteiger partial charge on any atom is 2.00 e. The predicted octanol–water partition coefficient (Wildman–Crippen LogP) is -2.27. The van der Waals surface area contributed by atoms with Gasteiger partial charge in [0.25, 0.3) is 7.82 Å². The quantitative estimate of drug-likeness (QED) is 0.191. The van der Waals surface area contributed by atoms with E-state index >= 15 is 0 Å². The van der Waals surface area contributed by atoms with Gasteiger partial charge in [-0.3, -0.25) is 4.57 Å². The van der Waals surface area contributed by atoms with E-state index in [2.05, 4.69) is 18.7 Å². The summed E-state index contributed by atoms with van der Waals surface area (Å²) in [6.45, 7) is 6.67. The molecule has 0 bridgehead atoms. The van der Waals surface area contributed by atoms with E-state index < -0.39 is 19.7 Å². The molecule has 0 aliphatic heterocycles. The van der Waals surface area contributed by atoms with Crippen molar-refractivity contribution in [3.8, 4) is 0 Å². The smallest absolute Gasteiger partial charge is 0.756 e. The van der Waals surface area contributed by atoms with Crippen LogP contribution in [0.15, 0.2) is 0 Å². The molecule has 1 fully saturated rings. The fourth-order valence-electron chi connectivity index (χ4n) is 2.40. The van der Waals surface area contributed by atoms with E-state index in [1.54, 1.807) is 0 Å². The number of nitrogens with two attached hydrogens (primary N) is 2. The maximum atomic E-state index is 10.5. The first kappa shape index (κ1) is 31.8. The van der Waals surface area contributed by atoms with Crippen molar-refractivity contribution in [2.24, 2.45) is 17.4 Å². The normalized spacial score (nSPS) is 19.9. The minimum Gasteiger partial charge on any atom is -0.756 e. The minimum absolute atomic E-state index is 0. The third kappa shape index (κ3) is 22.3. The second-order valence-electron chi connectivity index (χ2n) is 6.12. The number of hydrogen-bond donors (Lipinski definition) is 5. The number of phosphoric acid groups is 1. The van der Waals surface area contributed by atoms with Gasteiger partial charge in [-0.2, -0.15) is 0 Å². The van der Waals surface area contributed by atoms with Crippen LogP contribution in [-0.4, -0.2) is 64.1 Å². The Balaban J connectivity index is -0.000000368. The first-order valence-corrected chi connectivity index (χ1v) is 10.3. The first-order valence-electron chi connectivity index (χ1n) is 8.77. The SMILES string of the molecule is CCN(CC)CCCC(CO)C(=O)[O-].NC1CCCC1N.O=P([O-])(O)O.[Pt+2]. The molecule has 0 amide bonds. The van der Waals surface area contributed by atoms with Gasteiger partial charge in [0.1, 0.15) is 0 Å². The predicted molar refractivity (Wildman–Crippen MR) is 94.5 cm³/mol. The maximum absolute atomic E-state index is 10.5. The molecule has 12 heteroatoms. The molecule has 166 valence electrons. The molecule has 3 atom stereocenters. The van der Waals surface area contributed by atoms with Crippen molar-refractivity contribution >= 4 is 13.8 Å². The topological polar surface area (TPSA) is 196 Å². The number of rotatable bonds is 8. The van der Waals surface area contributed by atoms with Crippen LogP contribution in [0.5, 0.6) is 0 Å². The van der Waals surface area contributed by atoms with E-state index in [0.717, 1.165) is 38.9 Å². The summed E-state index contributed by atoms with van der Waals surface area (Å²) >= 11 is 0. The Morgan fingerprint density at radius 1 is 1.22 bits per heavy atom. The second kappa shape index (κ2) is 18.2. The monoisotopic (exact) mass is 594 g/mol. The molecule has 0 heterocycles. The molecule has 27 heavy (non-hydrogen) atoms. The van der Waals surface area contributed by atoms with Gasteiger partial charge in [-0.25, -0.2) is 0 Å². The van der Waals surface area contributed by atoms with Crippen LogP contribution in [0, 0.1) is 5.92 Å². The Morgan fingerprint density at radius 3 is 1.85 bits per heavy atom. The molecule has 3 unspecified atom stereocenters. The first-order chi connectivity index (χ1) is 12.0. The molecule has 0 aromatic heterocycles. The molecule has 0 aromatic rings.